The topological polar surface area (TPSA) is 36.9 Å². The maximum Gasteiger partial charge on any atom is 0.193 e. The van der Waals surface area contributed by atoms with Gasteiger partial charge in [-0.25, -0.2) is 0 Å². The molecule has 0 amide bonds. The summed E-state index contributed by atoms with van der Waals surface area (Å²) in [5.41, 5.74) is 2.76. The van der Waals surface area contributed by atoms with Crippen LogP contribution in [0, 0.1) is 12.8 Å². The van der Waals surface area contributed by atoms with Crippen molar-refractivity contribution in [3.8, 4) is 0 Å². The van der Waals surface area contributed by atoms with Crippen LogP contribution in [-0.2, 0) is 11.2 Å². The van der Waals surface area contributed by atoms with Gasteiger partial charge in [-0.1, -0.05) is 24.3 Å². The monoisotopic (exact) mass is 445 g/mol. The molecule has 0 saturated carbocycles. The van der Waals surface area contributed by atoms with Gasteiger partial charge in [0.05, 0.1) is 0 Å². The van der Waals surface area contributed by atoms with E-state index >= 15 is 0 Å². The Morgan fingerprint density at radius 2 is 2.00 bits per heavy atom. The maximum absolute atomic E-state index is 5.43. The molecule has 0 spiro atoms. The second-order valence-corrected chi connectivity index (χ2v) is 6.42. The number of aryl methyl sites for hydroxylation is 1. The van der Waals surface area contributed by atoms with Crippen molar-refractivity contribution < 1.29 is 4.74 Å². The lowest BCUT2D eigenvalue weighted by Crippen LogP contribution is -2.40. The first-order valence-corrected chi connectivity index (χ1v) is 8.74. The molecule has 4 nitrogen and oxygen atoms in total. The first-order valence-electron chi connectivity index (χ1n) is 8.74. The molecule has 1 N–H and O–H groups in total. The Hall–Kier alpha value is -0.820. The summed E-state index contributed by atoms with van der Waals surface area (Å²) in [5.74, 6) is 1.79. The number of rotatable bonds is 6. The normalized spacial score (nSPS) is 15.7. The minimum Gasteiger partial charge on any atom is -0.381 e. The van der Waals surface area contributed by atoms with Crippen LogP contribution in [0.25, 0.3) is 0 Å². The summed E-state index contributed by atoms with van der Waals surface area (Å²) in [6.45, 7) is 5.99. The minimum atomic E-state index is 0. The van der Waals surface area contributed by atoms with Crippen molar-refractivity contribution in [1.82, 2.24) is 10.2 Å². The summed E-state index contributed by atoms with van der Waals surface area (Å²) in [5, 5.41) is 3.48. The Morgan fingerprint density at radius 3 is 2.67 bits per heavy atom. The third-order valence-electron chi connectivity index (χ3n) is 4.73. The Kier molecular flexibility index (Phi) is 10.3. The lowest BCUT2D eigenvalue weighted by Gasteiger charge is -2.26. The summed E-state index contributed by atoms with van der Waals surface area (Å²) in [4.78, 5) is 6.66. The number of nitrogens with one attached hydrogen (secondary N) is 1. The van der Waals surface area contributed by atoms with Crippen LogP contribution in [0.4, 0.5) is 0 Å². The SMILES string of the molecule is CN=C(NCCc1ccccc1C)N(C)CCC1CCOCC1.I. The standard InChI is InChI=1S/C19H31N3O.HI/c1-16-6-4-5-7-18(16)8-12-21-19(20-2)22(3)13-9-17-10-14-23-15-11-17;/h4-7,17H,8-15H2,1-3H3,(H,20,21);1H. The number of halogens is 1. The summed E-state index contributed by atoms with van der Waals surface area (Å²) in [7, 11) is 3.99. The smallest absolute Gasteiger partial charge is 0.193 e. The molecular weight excluding hydrogens is 413 g/mol. The van der Waals surface area contributed by atoms with Gasteiger partial charge in [0.15, 0.2) is 5.96 Å². The highest BCUT2D eigenvalue weighted by Crippen LogP contribution is 2.18. The molecule has 1 fully saturated rings. The highest BCUT2D eigenvalue weighted by Gasteiger charge is 2.15. The van der Waals surface area contributed by atoms with E-state index in [-0.39, 0.29) is 24.0 Å². The number of ether oxygens (including phenoxy) is 1. The highest BCUT2D eigenvalue weighted by molar-refractivity contribution is 14.0. The summed E-state index contributed by atoms with van der Waals surface area (Å²) in [6, 6.07) is 8.57. The molecule has 0 bridgehead atoms. The van der Waals surface area contributed by atoms with E-state index in [1.54, 1.807) is 0 Å². The number of hydrogen-bond donors (Lipinski definition) is 1. The molecule has 24 heavy (non-hydrogen) atoms. The van der Waals surface area contributed by atoms with Gasteiger partial charge in [0, 0.05) is 40.4 Å². The Bertz CT molecular complexity index is 501. The molecule has 0 radical (unpaired) electrons. The number of aliphatic imine (C=N–C) groups is 1. The van der Waals surface area contributed by atoms with Crippen LogP contribution in [-0.4, -0.2) is 51.3 Å². The van der Waals surface area contributed by atoms with Crippen LogP contribution in [0.2, 0.25) is 0 Å². The van der Waals surface area contributed by atoms with Crippen molar-refractivity contribution in [2.24, 2.45) is 10.9 Å². The van der Waals surface area contributed by atoms with Crippen molar-refractivity contribution in [2.75, 3.05) is 40.4 Å². The predicted molar refractivity (Wildman–Crippen MR) is 112 cm³/mol. The Morgan fingerprint density at radius 1 is 1.29 bits per heavy atom. The van der Waals surface area contributed by atoms with Crippen molar-refractivity contribution in [3.05, 3.63) is 35.4 Å². The van der Waals surface area contributed by atoms with E-state index in [0.29, 0.717) is 0 Å². The van der Waals surface area contributed by atoms with Crippen LogP contribution in [0.15, 0.2) is 29.3 Å². The van der Waals surface area contributed by atoms with Crippen LogP contribution < -0.4 is 5.32 Å². The predicted octanol–water partition coefficient (Wildman–Crippen LogP) is 3.48. The van der Waals surface area contributed by atoms with Gasteiger partial charge in [0.1, 0.15) is 0 Å². The van der Waals surface area contributed by atoms with Gasteiger partial charge < -0.3 is 15.0 Å². The molecule has 1 aromatic rings. The fraction of sp³-hybridized carbons (Fsp3) is 0.632. The van der Waals surface area contributed by atoms with Crippen LogP contribution in [0.1, 0.15) is 30.4 Å². The van der Waals surface area contributed by atoms with Gasteiger partial charge in [-0.05, 0) is 49.7 Å². The maximum atomic E-state index is 5.43. The van der Waals surface area contributed by atoms with Crippen LogP contribution in [0.5, 0.6) is 0 Å². The van der Waals surface area contributed by atoms with Crippen molar-refractivity contribution in [1.29, 1.82) is 0 Å². The summed E-state index contributed by atoms with van der Waals surface area (Å²) >= 11 is 0. The van der Waals surface area contributed by atoms with Gasteiger partial charge in [0.25, 0.3) is 0 Å². The summed E-state index contributed by atoms with van der Waals surface area (Å²) in [6.07, 6.45) is 4.65. The number of benzene rings is 1. The molecule has 0 unspecified atom stereocenters. The molecule has 1 aromatic carbocycles. The molecule has 1 aliphatic heterocycles. The third kappa shape index (κ3) is 6.97. The zero-order chi connectivity index (χ0) is 16.5. The molecular formula is C19H32IN3O. The van der Waals surface area contributed by atoms with E-state index in [2.05, 4.69) is 53.4 Å². The van der Waals surface area contributed by atoms with Gasteiger partial charge in [-0.2, -0.15) is 0 Å². The van der Waals surface area contributed by atoms with Crippen LogP contribution in [0.3, 0.4) is 0 Å². The van der Waals surface area contributed by atoms with Gasteiger partial charge in [-0.3, -0.25) is 4.99 Å². The molecule has 1 heterocycles. The molecule has 5 heteroatoms. The van der Waals surface area contributed by atoms with Crippen LogP contribution >= 0.6 is 24.0 Å². The molecule has 1 aliphatic rings. The molecule has 0 atom stereocenters. The average molecular weight is 445 g/mol. The lowest BCUT2D eigenvalue weighted by molar-refractivity contribution is 0.0625. The second-order valence-electron chi connectivity index (χ2n) is 6.42. The van der Waals surface area contributed by atoms with E-state index in [1.165, 1.54) is 30.4 Å². The lowest BCUT2D eigenvalue weighted by atomic mass is 9.96. The van der Waals surface area contributed by atoms with E-state index in [1.807, 2.05) is 7.05 Å². The quantitative estimate of drug-likeness (QED) is 0.414. The number of hydrogen-bond acceptors (Lipinski definition) is 2. The zero-order valence-electron chi connectivity index (χ0n) is 15.3. The first kappa shape index (κ1) is 21.2. The van der Waals surface area contributed by atoms with Gasteiger partial charge >= 0.3 is 0 Å². The van der Waals surface area contributed by atoms with E-state index < -0.39 is 0 Å². The largest absolute Gasteiger partial charge is 0.381 e. The van der Waals surface area contributed by atoms with Crippen molar-refractivity contribution in [2.45, 2.75) is 32.6 Å². The van der Waals surface area contributed by atoms with E-state index in [0.717, 1.165) is 44.6 Å². The highest BCUT2D eigenvalue weighted by atomic mass is 127. The zero-order valence-corrected chi connectivity index (χ0v) is 17.6. The van der Waals surface area contributed by atoms with Crippen molar-refractivity contribution in [3.63, 3.8) is 0 Å². The Balaban J connectivity index is 0.00000288. The minimum absolute atomic E-state index is 0. The van der Waals surface area contributed by atoms with E-state index in [4.69, 9.17) is 4.74 Å². The fourth-order valence-corrected chi connectivity index (χ4v) is 3.10. The third-order valence-corrected chi connectivity index (χ3v) is 4.73. The molecule has 1 saturated heterocycles. The van der Waals surface area contributed by atoms with E-state index in [9.17, 15) is 0 Å². The molecule has 136 valence electrons. The average Bonchev–Trinajstić information content (AvgIpc) is 2.59. The Labute approximate surface area is 164 Å². The van der Waals surface area contributed by atoms with Gasteiger partial charge in [0.2, 0.25) is 0 Å². The molecule has 0 aromatic heterocycles. The number of nitrogens with zero attached hydrogens (tertiary/aromatic N) is 2. The molecule has 0 aliphatic carbocycles. The molecule has 2 rings (SSSR count). The van der Waals surface area contributed by atoms with Gasteiger partial charge in [-0.15, -0.1) is 24.0 Å². The second kappa shape index (κ2) is 11.7. The van der Waals surface area contributed by atoms with Crippen molar-refractivity contribution >= 4 is 29.9 Å². The summed E-state index contributed by atoms with van der Waals surface area (Å²) < 4.78 is 5.43. The fourth-order valence-electron chi connectivity index (χ4n) is 3.10. The number of guanidine groups is 1. The first-order chi connectivity index (χ1) is 11.2.